The number of carbonyl (C=O) groups is 2. The number of piperidine rings is 1. The van der Waals surface area contributed by atoms with Gasteiger partial charge in [-0.1, -0.05) is 0 Å². The number of likely N-dealkylation sites (tertiary alicyclic amines) is 1. The van der Waals surface area contributed by atoms with Crippen LogP contribution < -0.4 is 5.32 Å². The molecule has 1 aromatic heterocycles. The average Bonchev–Trinajstić information content (AvgIpc) is 2.83. The van der Waals surface area contributed by atoms with E-state index in [-0.39, 0.29) is 18.3 Å². The van der Waals surface area contributed by atoms with E-state index in [0.29, 0.717) is 5.82 Å². The third kappa shape index (κ3) is 3.06. The quantitative estimate of drug-likeness (QED) is 0.782. The predicted molar refractivity (Wildman–Crippen MR) is 63.9 cm³/mol. The Hall–Kier alpha value is -1.92. The van der Waals surface area contributed by atoms with Crippen LogP contribution in [0.3, 0.4) is 0 Å². The van der Waals surface area contributed by atoms with Crippen LogP contribution in [0.25, 0.3) is 0 Å². The molecule has 1 aliphatic heterocycles. The van der Waals surface area contributed by atoms with E-state index in [1.165, 1.54) is 6.42 Å². The molecule has 1 aliphatic rings. The van der Waals surface area contributed by atoms with Gasteiger partial charge in [-0.15, -0.1) is 5.10 Å². The molecule has 2 N–H and O–H groups in total. The number of H-pyrrole nitrogens is 1. The van der Waals surface area contributed by atoms with Crippen molar-refractivity contribution >= 4 is 11.8 Å². The van der Waals surface area contributed by atoms with Gasteiger partial charge in [0.25, 0.3) is 5.91 Å². The average molecular weight is 251 g/mol. The topological polar surface area (TPSA) is 91.0 Å². The summed E-state index contributed by atoms with van der Waals surface area (Å²) < 4.78 is 0. The third-order valence-electron chi connectivity index (χ3n) is 2.91. The summed E-state index contributed by atoms with van der Waals surface area (Å²) >= 11 is 0. The van der Waals surface area contributed by atoms with Gasteiger partial charge < -0.3 is 10.2 Å². The van der Waals surface area contributed by atoms with Gasteiger partial charge in [-0.3, -0.25) is 14.7 Å². The molecule has 0 spiro atoms. The van der Waals surface area contributed by atoms with Gasteiger partial charge in [0.1, 0.15) is 5.82 Å². The second-order valence-corrected chi connectivity index (χ2v) is 4.37. The number of aromatic amines is 1. The van der Waals surface area contributed by atoms with E-state index in [0.717, 1.165) is 25.9 Å². The Bertz CT molecular complexity index is 436. The van der Waals surface area contributed by atoms with E-state index in [4.69, 9.17) is 0 Å². The number of amides is 2. The molecule has 0 unspecified atom stereocenters. The number of aryl methyl sites for hydroxylation is 1. The van der Waals surface area contributed by atoms with E-state index < -0.39 is 5.91 Å². The number of nitrogens with zero attached hydrogens (tertiary/aromatic N) is 3. The van der Waals surface area contributed by atoms with Crippen molar-refractivity contribution < 1.29 is 9.59 Å². The number of carbonyl (C=O) groups excluding carboxylic acids is 2. The van der Waals surface area contributed by atoms with E-state index in [9.17, 15) is 9.59 Å². The van der Waals surface area contributed by atoms with Crippen LogP contribution in [0, 0.1) is 6.92 Å². The summed E-state index contributed by atoms with van der Waals surface area (Å²) in [6, 6.07) is 0. The standard InChI is InChI=1S/C11H17N5O2/c1-8-13-10(15-14-8)11(18)12-7-9(17)16-5-3-2-4-6-16/h2-7H2,1H3,(H,12,18)(H,13,14,15). The normalized spacial score (nSPS) is 15.5. The second-order valence-electron chi connectivity index (χ2n) is 4.37. The smallest absolute Gasteiger partial charge is 0.291 e. The molecular formula is C11H17N5O2. The molecule has 0 bridgehead atoms. The van der Waals surface area contributed by atoms with Crippen molar-refractivity contribution in [1.29, 1.82) is 0 Å². The van der Waals surface area contributed by atoms with Crippen molar-refractivity contribution in [3.8, 4) is 0 Å². The summed E-state index contributed by atoms with van der Waals surface area (Å²) in [4.78, 5) is 29.1. The van der Waals surface area contributed by atoms with Gasteiger partial charge in [-0.25, -0.2) is 4.98 Å². The Labute approximate surface area is 105 Å². The summed E-state index contributed by atoms with van der Waals surface area (Å²) in [6.07, 6.45) is 3.26. The fraction of sp³-hybridized carbons (Fsp3) is 0.636. The Morgan fingerprint density at radius 3 is 2.67 bits per heavy atom. The minimum atomic E-state index is -0.426. The molecule has 0 saturated carbocycles. The van der Waals surface area contributed by atoms with Gasteiger partial charge in [0.2, 0.25) is 11.7 Å². The molecule has 18 heavy (non-hydrogen) atoms. The first-order valence-corrected chi connectivity index (χ1v) is 6.12. The van der Waals surface area contributed by atoms with E-state index in [1.54, 1.807) is 11.8 Å². The van der Waals surface area contributed by atoms with Gasteiger partial charge in [-0.2, -0.15) is 0 Å². The summed E-state index contributed by atoms with van der Waals surface area (Å²) in [5.74, 6) is 0.168. The lowest BCUT2D eigenvalue weighted by Crippen LogP contribution is -2.42. The molecule has 1 saturated heterocycles. The SMILES string of the molecule is Cc1nc(C(=O)NCC(=O)N2CCCCC2)n[nH]1. The van der Waals surface area contributed by atoms with Gasteiger partial charge >= 0.3 is 0 Å². The van der Waals surface area contributed by atoms with Crippen molar-refractivity contribution in [3.05, 3.63) is 11.6 Å². The van der Waals surface area contributed by atoms with Crippen molar-refractivity contribution in [2.24, 2.45) is 0 Å². The van der Waals surface area contributed by atoms with Gasteiger partial charge in [0, 0.05) is 13.1 Å². The molecule has 0 atom stereocenters. The van der Waals surface area contributed by atoms with Crippen LogP contribution in [0.5, 0.6) is 0 Å². The monoisotopic (exact) mass is 251 g/mol. The zero-order valence-corrected chi connectivity index (χ0v) is 10.4. The summed E-state index contributed by atoms with van der Waals surface area (Å²) in [5, 5.41) is 8.85. The van der Waals surface area contributed by atoms with Gasteiger partial charge in [0.05, 0.1) is 6.54 Å². The Morgan fingerprint density at radius 1 is 1.33 bits per heavy atom. The zero-order valence-electron chi connectivity index (χ0n) is 10.4. The highest BCUT2D eigenvalue weighted by Crippen LogP contribution is 2.08. The number of nitrogens with one attached hydrogen (secondary N) is 2. The van der Waals surface area contributed by atoms with Crippen LogP contribution in [0.15, 0.2) is 0 Å². The maximum absolute atomic E-state index is 11.8. The number of rotatable bonds is 3. The first-order chi connectivity index (χ1) is 8.66. The van der Waals surface area contributed by atoms with Crippen LogP contribution in [0.2, 0.25) is 0 Å². The minimum absolute atomic E-state index is 0.00637. The Balaban J connectivity index is 1.80. The van der Waals surface area contributed by atoms with Crippen LogP contribution in [0.4, 0.5) is 0 Å². The van der Waals surface area contributed by atoms with Crippen molar-refractivity contribution in [2.45, 2.75) is 26.2 Å². The highest BCUT2D eigenvalue weighted by molar-refractivity contribution is 5.93. The fourth-order valence-electron chi connectivity index (χ4n) is 1.93. The molecule has 1 aromatic rings. The highest BCUT2D eigenvalue weighted by Gasteiger charge is 2.18. The molecule has 0 aromatic carbocycles. The molecule has 7 nitrogen and oxygen atoms in total. The maximum Gasteiger partial charge on any atom is 0.291 e. The highest BCUT2D eigenvalue weighted by atomic mass is 16.2. The summed E-state index contributed by atoms with van der Waals surface area (Å²) in [6.45, 7) is 3.29. The van der Waals surface area contributed by atoms with Gasteiger partial charge in [-0.05, 0) is 26.2 Å². The van der Waals surface area contributed by atoms with E-state index in [2.05, 4.69) is 20.5 Å². The largest absolute Gasteiger partial charge is 0.341 e. The number of hydrogen-bond acceptors (Lipinski definition) is 4. The molecule has 0 radical (unpaired) electrons. The molecule has 7 heteroatoms. The number of hydrogen-bond donors (Lipinski definition) is 2. The molecule has 2 amide bonds. The second kappa shape index (κ2) is 5.61. The molecule has 2 rings (SSSR count). The molecule has 1 fully saturated rings. The molecular weight excluding hydrogens is 234 g/mol. The van der Waals surface area contributed by atoms with Crippen LogP contribution >= 0.6 is 0 Å². The van der Waals surface area contributed by atoms with Crippen LogP contribution in [0.1, 0.15) is 35.7 Å². The van der Waals surface area contributed by atoms with Gasteiger partial charge in [0.15, 0.2) is 0 Å². The van der Waals surface area contributed by atoms with Crippen molar-refractivity contribution in [2.75, 3.05) is 19.6 Å². The summed E-state index contributed by atoms with van der Waals surface area (Å²) in [7, 11) is 0. The fourth-order valence-corrected chi connectivity index (χ4v) is 1.93. The molecule has 0 aliphatic carbocycles. The molecule has 98 valence electrons. The lowest BCUT2D eigenvalue weighted by atomic mass is 10.1. The van der Waals surface area contributed by atoms with Crippen LogP contribution in [-0.2, 0) is 4.79 Å². The minimum Gasteiger partial charge on any atom is -0.341 e. The lowest BCUT2D eigenvalue weighted by molar-refractivity contribution is -0.130. The Kier molecular flexibility index (Phi) is 3.91. The Morgan fingerprint density at radius 2 is 2.06 bits per heavy atom. The van der Waals surface area contributed by atoms with E-state index >= 15 is 0 Å². The maximum atomic E-state index is 11.8. The zero-order chi connectivity index (χ0) is 13.0. The first kappa shape index (κ1) is 12.5. The lowest BCUT2D eigenvalue weighted by Gasteiger charge is -2.26. The van der Waals surface area contributed by atoms with E-state index in [1.807, 2.05) is 0 Å². The first-order valence-electron chi connectivity index (χ1n) is 6.12. The summed E-state index contributed by atoms with van der Waals surface area (Å²) in [5.41, 5.74) is 0. The van der Waals surface area contributed by atoms with Crippen molar-refractivity contribution in [1.82, 2.24) is 25.4 Å². The number of aromatic nitrogens is 3. The third-order valence-corrected chi connectivity index (χ3v) is 2.91. The van der Waals surface area contributed by atoms with Crippen molar-refractivity contribution in [3.63, 3.8) is 0 Å². The predicted octanol–water partition coefficient (Wildman–Crippen LogP) is -0.145. The molecule has 2 heterocycles. The van der Waals surface area contributed by atoms with Crippen LogP contribution in [-0.4, -0.2) is 51.5 Å².